The molecule has 0 aromatic carbocycles. The Labute approximate surface area is 165 Å². The molecule has 7 heteroatoms. The summed E-state index contributed by atoms with van der Waals surface area (Å²) in [7, 11) is -0.336. The van der Waals surface area contributed by atoms with Crippen LogP contribution >= 0.6 is 8.37 Å². The van der Waals surface area contributed by atoms with E-state index < -0.39 is 12.5 Å². The number of rotatable bonds is 4. The van der Waals surface area contributed by atoms with Gasteiger partial charge in [-0.25, -0.2) is 0 Å². The molecule has 4 saturated heterocycles. The Kier molecular flexibility index (Phi) is 5.78. The van der Waals surface area contributed by atoms with Crippen molar-refractivity contribution in [1.29, 1.82) is 0 Å². The number of aliphatic hydroxyl groups excluding tert-OH is 2. The van der Waals surface area contributed by atoms with Crippen molar-refractivity contribution in [2.75, 3.05) is 32.7 Å². The zero-order valence-electron chi connectivity index (χ0n) is 16.5. The first kappa shape index (κ1) is 19.2. The molecular weight excluding hydrogens is 359 g/mol. The number of aliphatic hydroxyl groups is 2. The van der Waals surface area contributed by atoms with Crippen molar-refractivity contribution in [2.45, 2.75) is 76.3 Å². The maximum atomic E-state index is 10.7. The number of nitrogens with zero attached hydrogens (tertiary/aromatic N) is 3. The molecule has 27 heavy (non-hydrogen) atoms. The fourth-order valence-corrected chi connectivity index (χ4v) is 9.85. The van der Waals surface area contributed by atoms with E-state index in [1.165, 1.54) is 84.1 Å². The van der Waals surface area contributed by atoms with Gasteiger partial charge in [0.1, 0.15) is 20.8 Å². The number of nitrogens with one attached hydrogen (secondary N) is 1. The fraction of sp³-hybridized carbons (Fsp3) is 1.00. The van der Waals surface area contributed by atoms with Gasteiger partial charge in [-0.3, -0.25) is 19.3 Å². The van der Waals surface area contributed by atoms with Crippen LogP contribution in [0.1, 0.15) is 57.8 Å². The van der Waals surface area contributed by atoms with E-state index in [1.807, 2.05) is 0 Å². The average molecular weight is 397 g/mol. The minimum Gasteiger partial charge on any atom is -0.378 e. The third kappa shape index (κ3) is 3.50. The molecule has 154 valence electrons. The minimum absolute atomic E-state index is 0.230. The van der Waals surface area contributed by atoms with Gasteiger partial charge in [-0.15, -0.1) is 0 Å². The zero-order valence-corrected chi connectivity index (χ0v) is 17.4. The Bertz CT molecular complexity index is 498. The van der Waals surface area contributed by atoms with Crippen LogP contribution in [0, 0.1) is 17.8 Å². The lowest BCUT2D eigenvalue weighted by Gasteiger charge is -2.47. The molecule has 0 aromatic heterocycles. The van der Waals surface area contributed by atoms with Crippen molar-refractivity contribution in [1.82, 2.24) is 19.3 Å². The van der Waals surface area contributed by atoms with Crippen LogP contribution in [-0.2, 0) is 0 Å². The maximum absolute atomic E-state index is 10.7. The molecule has 4 heterocycles. The van der Waals surface area contributed by atoms with Crippen LogP contribution < -0.4 is 5.32 Å². The predicted octanol–water partition coefficient (Wildman–Crippen LogP) is 2.14. The van der Waals surface area contributed by atoms with Crippen LogP contribution in [-0.4, -0.2) is 75.4 Å². The van der Waals surface area contributed by atoms with Crippen molar-refractivity contribution in [3.05, 3.63) is 0 Å². The first-order valence-corrected chi connectivity index (χ1v) is 12.6. The fourth-order valence-electron chi connectivity index (χ4n) is 6.68. The smallest absolute Gasteiger partial charge is 0.120 e. The Morgan fingerprint density at radius 1 is 0.667 bits per heavy atom. The molecule has 0 bridgehead atoms. The number of fused-ring (bicyclic) bond motifs is 1. The molecule has 6 nitrogen and oxygen atoms in total. The van der Waals surface area contributed by atoms with E-state index in [-0.39, 0.29) is 20.2 Å². The van der Waals surface area contributed by atoms with Crippen LogP contribution in [0.2, 0.25) is 0 Å². The summed E-state index contributed by atoms with van der Waals surface area (Å²) in [6.07, 6.45) is 10.4. The molecule has 0 aromatic rings. The summed E-state index contributed by atoms with van der Waals surface area (Å²) in [5.41, 5.74) is 0. The average Bonchev–Trinajstić information content (AvgIpc) is 3.46. The van der Waals surface area contributed by atoms with Crippen molar-refractivity contribution < 1.29 is 10.2 Å². The van der Waals surface area contributed by atoms with E-state index in [9.17, 15) is 10.2 Å². The summed E-state index contributed by atoms with van der Waals surface area (Å²) < 4.78 is 8.49. The van der Waals surface area contributed by atoms with Gasteiger partial charge in [0.2, 0.25) is 0 Å². The van der Waals surface area contributed by atoms with E-state index in [2.05, 4.69) is 19.3 Å². The normalized spacial score (nSPS) is 44.6. The summed E-state index contributed by atoms with van der Waals surface area (Å²) in [5.74, 6) is 1.00. The van der Waals surface area contributed by atoms with Gasteiger partial charge in [0.05, 0.1) is 0 Å². The summed E-state index contributed by atoms with van der Waals surface area (Å²) in [6.45, 7) is 6.30. The van der Waals surface area contributed by atoms with Crippen molar-refractivity contribution in [3.8, 4) is 0 Å². The Morgan fingerprint density at radius 2 is 1.30 bits per heavy atom. The minimum atomic E-state index is -0.525. The second-order valence-electron chi connectivity index (χ2n) is 9.35. The van der Waals surface area contributed by atoms with Gasteiger partial charge in [0.15, 0.2) is 0 Å². The third-order valence-electron chi connectivity index (χ3n) is 7.84. The highest BCUT2D eigenvalue weighted by molar-refractivity contribution is 7.50. The lowest BCUT2D eigenvalue weighted by Crippen LogP contribution is -2.47. The number of hydrogen-bond donors (Lipinski definition) is 3. The molecule has 0 radical (unpaired) electrons. The second-order valence-corrected chi connectivity index (χ2v) is 11.5. The molecule has 5 aliphatic rings. The first-order chi connectivity index (χ1) is 13.2. The molecule has 3 N–H and O–H groups in total. The lowest BCUT2D eigenvalue weighted by molar-refractivity contribution is 0.0149. The van der Waals surface area contributed by atoms with E-state index in [0.717, 1.165) is 6.42 Å². The van der Waals surface area contributed by atoms with Crippen LogP contribution in [0.5, 0.6) is 0 Å². The summed E-state index contributed by atoms with van der Waals surface area (Å²) in [5, 5.41) is 24.1. The Balaban J connectivity index is 1.39. The van der Waals surface area contributed by atoms with Gasteiger partial charge in [-0.1, -0.05) is 6.42 Å². The SMILES string of the molecule is OC1NC(O)C2C1CCCC2C1CCCN1P(N1CCCC1)N1CCCC1. The second kappa shape index (κ2) is 8.14. The van der Waals surface area contributed by atoms with E-state index in [4.69, 9.17) is 0 Å². The van der Waals surface area contributed by atoms with Crippen molar-refractivity contribution in [3.63, 3.8) is 0 Å². The van der Waals surface area contributed by atoms with E-state index in [1.54, 1.807) is 0 Å². The molecular formula is C20H37N4O2P. The molecule has 5 fully saturated rings. The van der Waals surface area contributed by atoms with Crippen molar-refractivity contribution in [2.24, 2.45) is 17.8 Å². The van der Waals surface area contributed by atoms with Crippen LogP contribution in [0.3, 0.4) is 0 Å². The Morgan fingerprint density at radius 3 is 1.96 bits per heavy atom. The monoisotopic (exact) mass is 396 g/mol. The van der Waals surface area contributed by atoms with E-state index >= 15 is 0 Å². The van der Waals surface area contributed by atoms with Crippen LogP contribution in [0.4, 0.5) is 0 Å². The molecule has 6 unspecified atom stereocenters. The third-order valence-corrected chi connectivity index (χ3v) is 10.6. The molecule has 0 amide bonds. The Hall–Kier alpha value is 0.190. The van der Waals surface area contributed by atoms with Crippen LogP contribution in [0.15, 0.2) is 0 Å². The van der Waals surface area contributed by atoms with Gasteiger partial charge in [-0.05, 0) is 57.3 Å². The summed E-state index contributed by atoms with van der Waals surface area (Å²) in [6, 6.07) is 0.590. The standard InChI is InChI=1S/C20H37N4O2P/c25-19-16-8-5-7-15(18(16)20(26)21-19)17-9-6-14-24(17)27(22-10-1-2-11-22)23-12-3-4-13-23/h15-21,25-26H,1-14H2. The molecule has 1 aliphatic carbocycles. The largest absolute Gasteiger partial charge is 0.378 e. The summed E-state index contributed by atoms with van der Waals surface area (Å²) in [4.78, 5) is 0. The molecule has 1 saturated carbocycles. The highest BCUT2D eigenvalue weighted by Crippen LogP contribution is 2.57. The molecule has 6 atom stereocenters. The molecule has 0 spiro atoms. The maximum Gasteiger partial charge on any atom is 0.120 e. The highest BCUT2D eigenvalue weighted by Gasteiger charge is 2.52. The van der Waals surface area contributed by atoms with Crippen LogP contribution in [0.25, 0.3) is 0 Å². The van der Waals surface area contributed by atoms with E-state index in [0.29, 0.717) is 12.0 Å². The topological polar surface area (TPSA) is 62.2 Å². The lowest BCUT2D eigenvalue weighted by atomic mass is 9.69. The number of hydrogen-bond acceptors (Lipinski definition) is 6. The zero-order chi connectivity index (χ0) is 18.4. The van der Waals surface area contributed by atoms with Gasteiger partial charge >= 0.3 is 0 Å². The van der Waals surface area contributed by atoms with Gasteiger partial charge < -0.3 is 10.2 Å². The van der Waals surface area contributed by atoms with Gasteiger partial charge in [-0.2, -0.15) is 0 Å². The predicted molar refractivity (Wildman–Crippen MR) is 108 cm³/mol. The quantitative estimate of drug-likeness (QED) is 0.633. The highest BCUT2D eigenvalue weighted by atomic mass is 31.2. The molecule has 5 rings (SSSR count). The van der Waals surface area contributed by atoms with Crippen molar-refractivity contribution >= 4 is 8.37 Å². The van der Waals surface area contributed by atoms with Gasteiger partial charge in [0, 0.05) is 50.6 Å². The van der Waals surface area contributed by atoms with Gasteiger partial charge in [0.25, 0.3) is 0 Å². The first-order valence-electron chi connectivity index (χ1n) is 11.4. The molecule has 4 aliphatic heterocycles. The summed E-state index contributed by atoms with van der Waals surface area (Å²) >= 11 is 0.